The summed E-state index contributed by atoms with van der Waals surface area (Å²) >= 11 is 0. The monoisotopic (exact) mass is 222 g/mol. The van der Waals surface area contributed by atoms with E-state index in [0.29, 0.717) is 12.2 Å². The number of ketones is 1. The maximum absolute atomic E-state index is 12.2. The number of carbonyl (C=O) groups excluding carboxylic acids is 1. The van der Waals surface area contributed by atoms with Gasteiger partial charge in [0.05, 0.1) is 11.8 Å². The molecule has 0 radical (unpaired) electrons. The van der Waals surface area contributed by atoms with Crippen LogP contribution >= 0.6 is 0 Å². The average Bonchev–Trinajstić information content (AvgIpc) is 2.88. The third-order valence-corrected chi connectivity index (χ3v) is 3.05. The highest BCUT2D eigenvalue weighted by Gasteiger charge is 2.38. The number of hydrogen-bond donors (Lipinski definition) is 0. The Morgan fingerprint density at radius 1 is 1.69 bits per heavy atom. The Morgan fingerprint density at radius 3 is 3.12 bits per heavy atom. The van der Waals surface area contributed by atoms with Crippen LogP contribution in [0.25, 0.3) is 0 Å². The summed E-state index contributed by atoms with van der Waals surface area (Å²) in [5.41, 5.74) is 0.0398. The maximum Gasteiger partial charge on any atom is 0.197 e. The lowest BCUT2D eigenvalue weighted by Crippen LogP contribution is -2.34. The summed E-state index contributed by atoms with van der Waals surface area (Å²) in [4.78, 5) is 12.2. The van der Waals surface area contributed by atoms with Gasteiger partial charge < -0.3 is 4.74 Å². The molecule has 0 saturated carbocycles. The molecule has 1 aliphatic heterocycles. The van der Waals surface area contributed by atoms with E-state index in [0.717, 1.165) is 25.8 Å². The molecule has 1 fully saturated rings. The van der Waals surface area contributed by atoms with E-state index in [4.69, 9.17) is 4.74 Å². The minimum Gasteiger partial charge on any atom is -0.367 e. The van der Waals surface area contributed by atoms with Crippen LogP contribution in [0.3, 0.4) is 0 Å². The van der Waals surface area contributed by atoms with Crippen LogP contribution in [0.5, 0.6) is 0 Å². The van der Waals surface area contributed by atoms with E-state index in [-0.39, 0.29) is 5.78 Å². The molecule has 1 aromatic heterocycles. The first-order valence-electron chi connectivity index (χ1n) is 5.87. The fraction of sp³-hybridized carbons (Fsp3) is 0.667. The maximum atomic E-state index is 12.2. The van der Waals surface area contributed by atoms with Crippen LogP contribution in [0.1, 0.15) is 43.5 Å². The topological polar surface area (TPSA) is 44.1 Å². The van der Waals surface area contributed by atoms with Crippen molar-refractivity contribution in [3.63, 3.8) is 0 Å². The molecule has 0 bridgehead atoms. The Bertz CT molecular complexity index is 378. The normalized spacial score (nSPS) is 24.9. The van der Waals surface area contributed by atoms with Gasteiger partial charge in [-0.3, -0.25) is 9.48 Å². The molecule has 4 nitrogen and oxygen atoms in total. The second kappa shape index (κ2) is 4.37. The van der Waals surface area contributed by atoms with Gasteiger partial charge in [-0.1, -0.05) is 6.92 Å². The second-order valence-corrected chi connectivity index (χ2v) is 4.50. The lowest BCUT2D eigenvalue weighted by Gasteiger charge is -2.20. The number of carbonyl (C=O) groups is 1. The van der Waals surface area contributed by atoms with Crippen molar-refractivity contribution in [1.29, 1.82) is 0 Å². The van der Waals surface area contributed by atoms with E-state index in [1.807, 2.05) is 17.8 Å². The second-order valence-electron chi connectivity index (χ2n) is 4.50. The number of ether oxygens (including phenoxy) is 1. The number of rotatable bonds is 4. The Morgan fingerprint density at radius 2 is 2.50 bits per heavy atom. The van der Waals surface area contributed by atoms with Gasteiger partial charge in [-0.05, 0) is 26.2 Å². The molecule has 2 rings (SSSR count). The van der Waals surface area contributed by atoms with Crippen molar-refractivity contribution in [1.82, 2.24) is 9.78 Å². The van der Waals surface area contributed by atoms with Crippen molar-refractivity contribution in [3.05, 3.63) is 18.0 Å². The highest BCUT2D eigenvalue weighted by atomic mass is 16.5. The Balaban J connectivity index is 2.13. The molecule has 1 unspecified atom stereocenters. The van der Waals surface area contributed by atoms with Gasteiger partial charge in [-0.25, -0.2) is 0 Å². The minimum atomic E-state index is -0.625. The summed E-state index contributed by atoms with van der Waals surface area (Å²) < 4.78 is 7.35. The summed E-state index contributed by atoms with van der Waals surface area (Å²) in [5.74, 6) is 0.0624. The molecule has 4 heteroatoms. The first-order chi connectivity index (χ1) is 7.65. The third-order valence-electron chi connectivity index (χ3n) is 3.05. The molecule has 1 aromatic rings. The van der Waals surface area contributed by atoms with Crippen molar-refractivity contribution in [3.8, 4) is 0 Å². The predicted octanol–water partition coefficient (Wildman–Crippen LogP) is 2.04. The average molecular weight is 222 g/mol. The Labute approximate surface area is 95.6 Å². The van der Waals surface area contributed by atoms with Crippen LogP contribution in [-0.4, -0.2) is 27.8 Å². The Hall–Kier alpha value is -1.16. The van der Waals surface area contributed by atoms with Crippen LogP contribution in [0, 0.1) is 0 Å². The van der Waals surface area contributed by atoms with E-state index in [1.165, 1.54) is 0 Å². The Kier molecular flexibility index (Phi) is 3.10. The summed E-state index contributed by atoms with van der Waals surface area (Å²) in [6.45, 7) is 5.50. The molecule has 1 atom stereocenters. The van der Waals surface area contributed by atoms with Gasteiger partial charge in [-0.2, -0.15) is 5.10 Å². The van der Waals surface area contributed by atoms with E-state index in [9.17, 15) is 4.79 Å². The van der Waals surface area contributed by atoms with Crippen LogP contribution < -0.4 is 0 Å². The predicted molar refractivity (Wildman–Crippen MR) is 60.4 cm³/mol. The smallest absolute Gasteiger partial charge is 0.197 e. The zero-order chi connectivity index (χ0) is 11.6. The number of hydrogen-bond acceptors (Lipinski definition) is 3. The minimum absolute atomic E-state index is 0.0624. The SMILES string of the molecule is CCCn1cc(C(=O)C2(C)CCCO2)cn1. The zero-order valence-electron chi connectivity index (χ0n) is 9.90. The third kappa shape index (κ3) is 2.02. The van der Waals surface area contributed by atoms with Crippen molar-refractivity contribution in [2.45, 2.75) is 45.3 Å². The van der Waals surface area contributed by atoms with Crippen molar-refractivity contribution in [2.24, 2.45) is 0 Å². The van der Waals surface area contributed by atoms with E-state index >= 15 is 0 Å². The van der Waals surface area contributed by atoms with E-state index < -0.39 is 5.60 Å². The summed E-state index contributed by atoms with van der Waals surface area (Å²) in [6, 6.07) is 0. The lowest BCUT2D eigenvalue weighted by atomic mass is 9.94. The molecule has 1 aliphatic rings. The van der Waals surface area contributed by atoms with Crippen LogP contribution in [0.4, 0.5) is 0 Å². The molecule has 0 aromatic carbocycles. The van der Waals surface area contributed by atoms with Crippen molar-refractivity contribution < 1.29 is 9.53 Å². The van der Waals surface area contributed by atoms with Gasteiger partial charge in [0.25, 0.3) is 0 Å². The standard InChI is InChI=1S/C12H18N2O2/c1-3-6-14-9-10(8-13-14)11(15)12(2)5-4-7-16-12/h8-9H,3-7H2,1-2H3. The van der Waals surface area contributed by atoms with E-state index in [1.54, 1.807) is 6.20 Å². The molecular formula is C12H18N2O2. The van der Waals surface area contributed by atoms with Gasteiger partial charge in [0.1, 0.15) is 5.60 Å². The first kappa shape index (κ1) is 11.3. The number of Topliss-reactive ketones (excluding diaryl/α,β-unsaturated/α-hetero) is 1. The fourth-order valence-electron chi connectivity index (χ4n) is 2.10. The number of aryl methyl sites for hydroxylation is 1. The highest BCUT2D eigenvalue weighted by molar-refractivity contribution is 6.02. The highest BCUT2D eigenvalue weighted by Crippen LogP contribution is 2.28. The molecule has 0 amide bonds. The lowest BCUT2D eigenvalue weighted by molar-refractivity contribution is 0.0213. The molecular weight excluding hydrogens is 204 g/mol. The summed E-state index contributed by atoms with van der Waals surface area (Å²) in [6.07, 6.45) is 6.25. The van der Waals surface area contributed by atoms with Gasteiger partial charge in [-0.15, -0.1) is 0 Å². The van der Waals surface area contributed by atoms with Crippen LogP contribution in [0.2, 0.25) is 0 Å². The first-order valence-corrected chi connectivity index (χ1v) is 5.87. The van der Waals surface area contributed by atoms with Gasteiger partial charge in [0, 0.05) is 19.3 Å². The van der Waals surface area contributed by atoms with Crippen LogP contribution in [0.15, 0.2) is 12.4 Å². The summed E-state index contributed by atoms with van der Waals surface area (Å²) in [7, 11) is 0. The largest absolute Gasteiger partial charge is 0.367 e. The fourth-order valence-corrected chi connectivity index (χ4v) is 2.10. The number of aromatic nitrogens is 2. The summed E-state index contributed by atoms with van der Waals surface area (Å²) in [5, 5.41) is 4.17. The molecule has 0 N–H and O–H groups in total. The van der Waals surface area contributed by atoms with Gasteiger partial charge in [0.2, 0.25) is 0 Å². The molecule has 16 heavy (non-hydrogen) atoms. The molecule has 0 aliphatic carbocycles. The van der Waals surface area contributed by atoms with Crippen molar-refractivity contribution >= 4 is 5.78 Å². The van der Waals surface area contributed by atoms with Crippen LogP contribution in [-0.2, 0) is 11.3 Å². The van der Waals surface area contributed by atoms with Gasteiger partial charge >= 0.3 is 0 Å². The van der Waals surface area contributed by atoms with E-state index in [2.05, 4.69) is 12.0 Å². The zero-order valence-corrected chi connectivity index (χ0v) is 9.90. The molecule has 0 spiro atoms. The van der Waals surface area contributed by atoms with Gasteiger partial charge in [0.15, 0.2) is 5.78 Å². The molecule has 88 valence electrons. The quantitative estimate of drug-likeness (QED) is 0.732. The number of nitrogens with zero attached hydrogens (tertiary/aromatic N) is 2. The van der Waals surface area contributed by atoms with Crippen molar-refractivity contribution in [2.75, 3.05) is 6.61 Å². The molecule has 2 heterocycles. The molecule has 1 saturated heterocycles.